The first-order valence-corrected chi connectivity index (χ1v) is 4.40. The van der Waals surface area contributed by atoms with Crippen molar-refractivity contribution < 1.29 is 19.2 Å². The second kappa shape index (κ2) is 4.08. The summed E-state index contributed by atoms with van der Waals surface area (Å²) in [4.78, 5) is 27.0. The first-order valence-electron chi connectivity index (χ1n) is 4.40. The van der Waals surface area contributed by atoms with Gasteiger partial charge in [0.05, 0.1) is 0 Å². The lowest BCUT2D eigenvalue weighted by Gasteiger charge is -2.09. The topological polar surface area (TPSA) is 122 Å². The molecule has 10 heteroatoms. The minimum absolute atomic E-state index is 0.0662. The summed E-state index contributed by atoms with van der Waals surface area (Å²) >= 11 is 0. The predicted molar refractivity (Wildman–Crippen MR) is 48.6 cm³/mol. The standard InChI is InChI=1S/C7H6N6O4/c1-3(14)16-7-5-6(9-11-8-5)10-12-13(7)17-4(2)15/h1-2H3. The lowest BCUT2D eigenvalue weighted by Crippen LogP contribution is -2.24. The van der Waals surface area contributed by atoms with Gasteiger partial charge in [0.2, 0.25) is 11.5 Å². The molecule has 2 aliphatic heterocycles. The molecule has 0 aliphatic carbocycles. The smallest absolute Gasteiger partial charge is 0.332 e. The van der Waals surface area contributed by atoms with E-state index in [-0.39, 0.29) is 17.4 Å². The van der Waals surface area contributed by atoms with Crippen LogP contribution in [0.15, 0.2) is 0 Å². The molecule has 0 saturated carbocycles. The van der Waals surface area contributed by atoms with Gasteiger partial charge >= 0.3 is 11.9 Å². The Hall–Kier alpha value is -2.65. The molecule has 0 atom stereocenters. The average molecular weight is 238 g/mol. The van der Waals surface area contributed by atoms with Crippen molar-refractivity contribution >= 4 is 11.9 Å². The summed E-state index contributed by atoms with van der Waals surface area (Å²) in [6, 6.07) is 0. The fraction of sp³-hybridized carbons (Fsp3) is 0.286. The lowest BCUT2D eigenvalue weighted by atomic mass is 10.4. The van der Waals surface area contributed by atoms with Crippen LogP contribution in [0.1, 0.15) is 13.8 Å². The molecule has 88 valence electrons. The molecule has 0 aromatic carbocycles. The zero-order valence-electron chi connectivity index (χ0n) is 8.82. The molecule has 10 nitrogen and oxygen atoms in total. The Labute approximate surface area is 93.8 Å². The van der Waals surface area contributed by atoms with Gasteiger partial charge < -0.3 is 9.57 Å². The zero-order chi connectivity index (χ0) is 12.4. The number of rotatable bonds is 2. The third-order valence-corrected chi connectivity index (χ3v) is 1.55. The number of esters is 1. The average Bonchev–Trinajstić information content (AvgIpc) is 2.68. The van der Waals surface area contributed by atoms with Gasteiger partial charge in [-0.1, -0.05) is 0 Å². The Balaban J connectivity index is 2.52. The highest BCUT2D eigenvalue weighted by Gasteiger charge is 2.23. The van der Waals surface area contributed by atoms with Crippen LogP contribution in [-0.4, -0.2) is 42.5 Å². The molecule has 0 aromatic rings. The molecule has 0 unspecified atom stereocenters. The molecule has 0 N–H and O–H groups in total. The second-order valence-electron chi connectivity index (χ2n) is 2.91. The first kappa shape index (κ1) is 10.9. The maximum absolute atomic E-state index is 10.9. The Kier molecular flexibility index (Phi) is 2.60. The van der Waals surface area contributed by atoms with E-state index in [4.69, 9.17) is 4.74 Å². The van der Waals surface area contributed by atoms with Gasteiger partial charge in [0, 0.05) is 13.8 Å². The van der Waals surface area contributed by atoms with E-state index in [0.717, 1.165) is 6.92 Å². The van der Waals surface area contributed by atoms with E-state index in [0.29, 0.717) is 4.85 Å². The van der Waals surface area contributed by atoms with Crippen LogP contribution in [0.4, 0.5) is 0 Å². The molecule has 0 radical (unpaired) electrons. The van der Waals surface area contributed by atoms with Crippen molar-refractivity contribution in [2.75, 3.05) is 0 Å². The van der Waals surface area contributed by atoms with Crippen molar-refractivity contribution in [2.45, 2.75) is 13.8 Å². The fourth-order valence-electron chi connectivity index (χ4n) is 1.03. The molecule has 0 bridgehead atoms. The van der Waals surface area contributed by atoms with E-state index in [1.165, 1.54) is 6.92 Å². The number of carbonyl (C=O) groups is 2. The summed E-state index contributed by atoms with van der Waals surface area (Å²) in [5, 5.41) is 17.5. The van der Waals surface area contributed by atoms with Gasteiger partial charge in [-0.15, -0.1) is 15.3 Å². The summed E-state index contributed by atoms with van der Waals surface area (Å²) in [7, 11) is 0. The van der Waals surface area contributed by atoms with E-state index < -0.39 is 11.9 Å². The quantitative estimate of drug-likeness (QED) is 0.452. The molecule has 2 heterocycles. The van der Waals surface area contributed by atoms with Gasteiger partial charge in [-0.2, -0.15) is 0 Å². The minimum Gasteiger partial charge on any atom is -0.402 e. The number of carbonyl (C=O) groups excluding carboxylic acids is 2. The van der Waals surface area contributed by atoms with E-state index in [9.17, 15) is 9.59 Å². The molecule has 0 fully saturated rings. The monoisotopic (exact) mass is 238 g/mol. The highest BCUT2D eigenvalue weighted by atomic mass is 16.7. The maximum Gasteiger partial charge on any atom is 0.332 e. The number of fused-ring (bicyclic) bond motifs is 1. The molecular formula is C7H6N6O4. The summed E-state index contributed by atoms with van der Waals surface area (Å²) in [5.41, 5.74) is 0.0662. The number of ether oxygens (including phenoxy) is 1. The van der Waals surface area contributed by atoms with Gasteiger partial charge in [-0.3, -0.25) is 4.79 Å². The number of hydrogen-bond donors (Lipinski definition) is 0. The van der Waals surface area contributed by atoms with Crippen molar-refractivity contribution in [1.29, 1.82) is 0 Å². The van der Waals surface area contributed by atoms with Gasteiger partial charge in [0.15, 0.2) is 0 Å². The van der Waals surface area contributed by atoms with Crippen LogP contribution in [0, 0.1) is 0 Å². The van der Waals surface area contributed by atoms with Crippen LogP contribution in [0.5, 0.6) is 5.88 Å². The molecule has 0 spiro atoms. The Bertz CT molecular complexity index is 551. The summed E-state index contributed by atoms with van der Waals surface area (Å²) < 4.78 is 4.82. The molecule has 0 amide bonds. The first-order chi connectivity index (χ1) is 8.08. The molecule has 2 aliphatic rings. The normalized spacial score (nSPS) is 10.2. The van der Waals surface area contributed by atoms with Crippen LogP contribution in [-0.2, 0) is 9.59 Å². The summed E-state index contributed by atoms with van der Waals surface area (Å²) in [6.45, 7) is 2.33. The van der Waals surface area contributed by atoms with Crippen LogP contribution in [0.25, 0.3) is 11.5 Å². The van der Waals surface area contributed by atoms with Gasteiger partial charge in [0.25, 0.3) is 5.88 Å². The molecule has 17 heavy (non-hydrogen) atoms. The van der Waals surface area contributed by atoms with Gasteiger partial charge in [0.1, 0.15) is 0 Å². The van der Waals surface area contributed by atoms with Crippen molar-refractivity contribution in [3.05, 3.63) is 0 Å². The third kappa shape index (κ3) is 2.14. The van der Waals surface area contributed by atoms with Crippen molar-refractivity contribution in [3.8, 4) is 17.4 Å². The third-order valence-electron chi connectivity index (χ3n) is 1.55. The van der Waals surface area contributed by atoms with Crippen LogP contribution >= 0.6 is 0 Å². The van der Waals surface area contributed by atoms with Crippen molar-refractivity contribution in [2.24, 2.45) is 0 Å². The summed E-state index contributed by atoms with van der Waals surface area (Å²) in [6.07, 6.45) is 0. The highest BCUT2D eigenvalue weighted by Crippen LogP contribution is 2.23. The van der Waals surface area contributed by atoms with E-state index in [1.54, 1.807) is 0 Å². The van der Waals surface area contributed by atoms with Crippen LogP contribution in [0.3, 0.4) is 0 Å². The highest BCUT2D eigenvalue weighted by molar-refractivity contribution is 5.72. The van der Waals surface area contributed by atoms with Crippen molar-refractivity contribution in [1.82, 2.24) is 30.6 Å². The maximum atomic E-state index is 10.9. The Morgan fingerprint density at radius 2 is 1.88 bits per heavy atom. The predicted octanol–water partition coefficient (Wildman–Crippen LogP) is -1.53. The van der Waals surface area contributed by atoms with Gasteiger partial charge in [-0.25, -0.2) is 4.79 Å². The molecular weight excluding hydrogens is 232 g/mol. The minimum atomic E-state index is -0.662. The van der Waals surface area contributed by atoms with Crippen LogP contribution in [0.2, 0.25) is 0 Å². The molecule has 0 aromatic heterocycles. The largest absolute Gasteiger partial charge is 0.402 e. The Morgan fingerprint density at radius 1 is 1.12 bits per heavy atom. The fourth-order valence-corrected chi connectivity index (χ4v) is 1.03. The summed E-state index contributed by atoms with van der Waals surface area (Å²) in [5.74, 6) is -1.43. The van der Waals surface area contributed by atoms with Crippen molar-refractivity contribution in [3.63, 3.8) is 0 Å². The Morgan fingerprint density at radius 3 is 2.53 bits per heavy atom. The SMILES string of the molecule is CC(=O)Oc1c2nnnc-2nnn1OC(C)=O. The van der Waals surface area contributed by atoms with E-state index in [1.807, 2.05) is 0 Å². The number of aromatic nitrogens is 6. The lowest BCUT2D eigenvalue weighted by molar-refractivity contribution is -0.146. The molecule has 2 rings (SSSR count). The molecule has 0 saturated heterocycles. The van der Waals surface area contributed by atoms with Gasteiger partial charge in [-0.05, 0) is 15.3 Å². The zero-order valence-corrected chi connectivity index (χ0v) is 8.82. The van der Waals surface area contributed by atoms with E-state index >= 15 is 0 Å². The van der Waals surface area contributed by atoms with E-state index in [2.05, 4.69) is 30.6 Å². The van der Waals surface area contributed by atoms with Crippen LogP contribution < -0.4 is 9.57 Å². The number of nitrogens with zero attached hydrogens (tertiary/aromatic N) is 6. The second-order valence-corrected chi connectivity index (χ2v) is 2.91. The number of hydrogen-bond acceptors (Lipinski definition) is 9.